The lowest BCUT2D eigenvalue weighted by molar-refractivity contribution is -0.146. The Morgan fingerprint density at radius 2 is 1.90 bits per heavy atom. The quantitative estimate of drug-likeness (QED) is 0.848. The highest BCUT2D eigenvalue weighted by Crippen LogP contribution is 2.25. The molecule has 0 radical (unpaired) electrons. The van der Waals surface area contributed by atoms with Gasteiger partial charge >= 0.3 is 5.97 Å². The second kappa shape index (κ2) is 7.07. The Morgan fingerprint density at radius 1 is 1.24 bits per heavy atom. The zero-order chi connectivity index (χ0) is 15.4. The molecule has 1 N–H and O–H groups in total. The van der Waals surface area contributed by atoms with E-state index in [1.165, 1.54) is 7.11 Å². The van der Waals surface area contributed by atoms with Crippen molar-refractivity contribution in [2.75, 3.05) is 7.11 Å². The molecular weight excluding hydrogens is 334 g/mol. The summed E-state index contributed by atoms with van der Waals surface area (Å²) in [5, 5.41) is 3.07. The molecule has 0 unspecified atom stereocenters. The summed E-state index contributed by atoms with van der Waals surface area (Å²) in [5.74, 6) is -0.200. The van der Waals surface area contributed by atoms with Crippen LogP contribution in [0.3, 0.4) is 0 Å². The van der Waals surface area contributed by atoms with Gasteiger partial charge in [0.05, 0.1) is 13.0 Å². The fourth-order valence-electron chi connectivity index (χ4n) is 2.74. The molecule has 1 aliphatic rings. The number of rotatable bonds is 3. The molecule has 1 aromatic rings. The maximum Gasteiger partial charge on any atom is 0.308 e. The van der Waals surface area contributed by atoms with Crippen molar-refractivity contribution in [3.63, 3.8) is 0 Å². The largest absolute Gasteiger partial charge is 0.469 e. The maximum atomic E-state index is 12.3. The van der Waals surface area contributed by atoms with Crippen molar-refractivity contribution in [3.05, 3.63) is 33.8 Å². The van der Waals surface area contributed by atoms with Crippen molar-refractivity contribution >= 4 is 27.8 Å². The van der Waals surface area contributed by atoms with Crippen molar-refractivity contribution in [3.8, 4) is 0 Å². The SMILES string of the molecule is COC(=O)C1CCC(NC(=O)c2cc(Br)ccc2C)CC1. The Balaban J connectivity index is 1.93. The van der Waals surface area contributed by atoms with E-state index >= 15 is 0 Å². The first kappa shape index (κ1) is 16.0. The summed E-state index contributed by atoms with van der Waals surface area (Å²) in [5.41, 5.74) is 1.65. The number of ether oxygens (including phenoxy) is 1. The van der Waals surface area contributed by atoms with Crippen LogP contribution in [0.25, 0.3) is 0 Å². The number of aryl methyl sites for hydroxylation is 1. The van der Waals surface area contributed by atoms with Gasteiger partial charge in [-0.05, 0) is 50.3 Å². The molecule has 4 nitrogen and oxygen atoms in total. The molecule has 0 aromatic heterocycles. The molecule has 1 fully saturated rings. The zero-order valence-corrected chi connectivity index (χ0v) is 13.9. The van der Waals surface area contributed by atoms with Crippen molar-refractivity contribution in [1.29, 1.82) is 0 Å². The minimum atomic E-state index is -0.136. The third-order valence-corrected chi connectivity index (χ3v) is 4.53. The number of carbonyl (C=O) groups is 2. The Hall–Kier alpha value is -1.36. The number of esters is 1. The summed E-state index contributed by atoms with van der Waals surface area (Å²) in [4.78, 5) is 23.8. The molecule has 0 atom stereocenters. The van der Waals surface area contributed by atoms with E-state index in [0.29, 0.717) is 5.56 Å². The molecule has 1 aromatic carbocycles. The molecule has 1 aliphatic carbocycles. The van der Waals surface area contributed by atoms with Crippen molar-refractivity contribution in [2.45, 2.75) is 38.6 Å². The van der Waals surface area contributed by atoms with Crippen LogP contribution in [-0.4, -0.2) is 25.0 Å². The number of carbonyl (C=O) groups excluding carboxylic acids is 2. The van der Waals surface area contributed by atoms with Gasteiger partial charge in [0.25, 0.3) is 5.91 Å². The molecule has 21 heavy (non-hydrogen) atoms. The minimum absolute atomic E-state index is 0.0178. The molecule has 0 bridgehead atoms. The average Bonchev–Trinajstić information content (AvgIpc) is 2.49. The lowest BCUT2D eigenvalue weighted by Gasteiger charge is -2.27. The molecule has 0 spiro atoms. The van der Waals surface area contributed by atoms with Crippen LogP contribution >= 0.6 is 15.9 Å². The Labute approximate surface area is 133 Å². The van der Waals surface area contributed by atoms with Gasteiger partial charge in [-0.15, -0.1) is 0 Å². The normalized spacial score (nSPS) is 21.7. The van der Waals surface area contributed by atoms with Crippen LogP contribution < -0.4 is 5.32 Å². The molecular formula is C16H20BrNO3. The highest BCUT2D eigenvalue weighted by Gasteiger charge is 2.27. The van der Waals surface area contributed by atoms with Crippen molar-refractivity contribution < 1.29 is 14.3 Å². The second-order valence-electron chi connectivity index (χ2n) is 5.50. The van der Waals surface area contributed by atoms with Gasteiger partial charge in [-0.2, -0.15) is 0 Å². The van der Waals surface area contributed by atoms with E-state index in [4.69, 9.17) is 4.74 Å². The maximum absolute atomic E-state index is 12.3. The van der Waals surface area contributed by atoms with E-state index in [-0.39, 0.29) is 23.8 Å². The van der Waals surface area contributed by atoms with E-state index in [1.54, 1.807) is 0 Å². The summed E-state index contributed by atoms with van der Waals surface area (Å²) >= 11 is 3.39. The molecule has 2 rings (SSSR count). The monoisotopic (exact) mass is 353 g/mol. The minimum Gasteiger partial charge on any atom is -0.469 e. The first-order valence-electron chi connectivity index (χ1n) is 7.16. The first-order valence-corrected chi connectivity index (χ1v) is 7.95. The number of amides is 1. The summed E-state index contributed by atoms with van der Waals surface area (Å²) in [6.07, 6.45) is 3.18. The molecule has 0 heterocycles. The van der Waals surface area contributed by atoms with Gasteiger partial charge in [-0.3, -0.25) is 9.59 Å². The number of halogens is 1. The number of benzene rings is 1. The van der Waals surface area contributed by atoms with Gasteiger partial charge < -0.3 is 10.1 Å². The van der Waals surface area contributed by atoms with Crippen LogP contribution in [-0.2, 0) is 9.53 Å². The zero-order valence-electron chi connectivity index (χ0n) is 12.3. The molecule has 5 heteroatoms. The lowest BCUT2D eigenvalue weighted by Crippen LogP contribution is -2.39. The molecule has 1 saturated carbocycles. The highest BCUT2D eigenvalue weighted by molar-refractivity contribution is 9.10. The fraction of sp³-hybridized carbons (Fsp3) is 0.500. The van der Waals surface area contributed by atoms with Gasteiger partial charge in [0.15, 0.2) is 0 Å². The van der Waals surface area contributed by atoms with Crippen LogP contribution in [0.1, 0.15) is 41.6 Å². The van der Waals surface area contributed by atoms with Crippen LogP contribution in [0.2, 0.25) is 0 Å². The second-order valence-corrected chi connectivity index (χ2v) is 6.42. The smallest absolute Gasteiger partial charge is 0.308 e. The summed E-state index contributed by atoms with van der Waals surface area (Å²) in [6.45, 7) is 1.93. The fourth-order valence-corrected chi connectivity index (χ4v) is 3.10. The Morgan fingerprint density at radius 3 is 2.52 bits per heavy atom. The topological polar surface area (TPSA) is 55.4 Å². The summed E-state index contributed by atoms with van der Waals surface area (Å²) in [7, 11) is 1.42. The number of nitrogens with one attached hydrogen (secondary N) is 1. The number of hydrogen-bond donors (Lipinski definition) is 1. The van der Waals surface area contributed by atoms with Gasteiger partial charge in [0, 0.05) is 16.1 Å². The van der Waals surface area contributed by atoms with Crippen LogP contribution in [0, 0.1) is 12.8 Å². The van der Waals surface area contributed by atoms with E-state index in [2.05, 4.69) is 21.2 Å². The van der Waals surface area contributed by atoms with Crippen LogP contribution in [0.4, 0.5) is 0 Å². The third kappa shape index (κ3) is 4.06. The van der Waals surface area contributed by atoms with E-state index in [0.717, 1.165) is 35.7 Å². The molecule has 114 valence electrons. The van der Waals surface area contributed by atoms with Crippen molar-refractivity contribution in [1.82, 2.24) is 5.32 Å². The van der Waals surface area contributed by atoms with Gasteiger partial charge in [-0.25, -0.2) is 0 Å². The molecule has 0 saturated heterocycles. The standard InChI is InChI=1S/C16H20BrNO3/c1-10-3-6-12(17)9-14(10)15(19)18-13-7-4-11(5-8-13)16(20)21-2/h3,6,9,11,13H,4-5,7-8H2,1-2H3,(H,18,19). The van der Waals surface area contributed by atoms with E-state index in [9.17, 15) is 9.59 Å². The highest BCUT2D eigenvalue weighted by atomic mass is 79.9. The summed E-state index contributed by atoms with van der Waals surface area (Å²) in [6, 6.07) is 5.82. The van der Waals surface area contributed by atoms with Crippen LogP contribution in [0.5, 0.6) is 0 Å². The van der Waals surface area contributed by atoms with Gasteiger partial charge in [-0.1, -0.05) is 22.0 Å². The number of hydrogen-bond acceptors (Lipinski definition) is 3. The summed E-state index contributed by atoms with van der Waals surface area (Å²) < 4.78 is 5.67. The Bertz CT molecular complexity index is 536. The first-order chi connectivity index (χ1) is 10.0. The average molecular weight is 354 g/mol. The van der Waals surface area contributed by atoms with E-state index < -0.39 is 0 Å². The lowest BCUT2D eigenvalue weighted by atomic mass is 9.86. The molecule has 0 aliphatic heterocycles. The molecule has 1 amide bonds. The van der Waals surface area contributed by atoms with Gasteiger partial charge in [0.1, 0.15) is 0 Å². The van der Waals surface area contributed by atoms with E-state index in [1.807, 2.05) is 25.1 Å². The predicted octanol–water partition coefficient (Wildman–Crippen LogP) is 3.22. The van der Waals surface area contributed by atoms with Gasteiger partial charge in [0.2, 0.25) is 0 Å². The predicted molar refractivity (Wildman–Crippen MR) is 84.1 cm³/mol. The van der Waals surface area contributed by atoms with Crippen molar-refractivity contribution in [2.24, 2.45) is 5.92 Å². The third-order valence-electron chi connectivity index (χ3n) is 4.04. The van der Waals surface area contributed by atoms with Crippen LogP contribution in [0.15, 0.2) is 22.7 Å². The number of methoxy groups -OCH3 is 1. The Kier molecular flexibility index (Phi) is 5.39.